The average Bonchev–Trinajstić information content (AvgIpc) is 2.80. The van der Waals surface area contributed by atoms with Crippen LogP contribution in [-0.2, 0) is 0 Å². The molecular formula is C21H22N8O2. The Labute approximate surface area is 179 Å². The highest BCUT2D eigenvalue weighted by molar-refractivity contribution is 5.85. The van der Waals surface area contributed by atoms with E-state index in [2.05, 4.69) is 35.7 Å². The molecule has 0 aliphatic carbocycles. The van der Waals surface area contributed by atoms with E-state index in [0.29, 0.717) is 17.5 Å². The summed E-state index contributed by atoms with van der Waals surface area (Å²) in [5.41, 5.74) is 4.00. The Kier molecular flexibility index (Phi) is 6.26. The minimum Gasteiger partial charge on any atom is -0.341 e. The van der Waals surface area contributed by atoms with E-state index in [9.17, 15) is 10.1 Å². The molecule has 1 saturated heterocycles. The smallest absolute Gasteiger partial charge is 0.278 e. The molecule has 4 rings (SSSR count). The second-order valence-electron chi connectivity index (χ2n) is 7.01. The first-order valence-electron chi connectivity index (χ1n) is 10.0. The number of nitrogens with zero attached hydrogens (tertiary/aromatic N) is 6. The third-order valence-electron chi connectivity index (χ3n) is 4.79. The molecule has 0 atom stereocenters. The SMILES string of the molecule is O=[N+]([O-])c1ccccc1C=NNc1nc(Nc2ccccc2)nc(N2CCCCC2)n1. The van der Waals surface area contributed by atoms with Gasteiger partial charge in [-0.05, 0) is 37.5 Å². The Balaban J connectivity index is 1.58. The van der Waals surface area contributed by atoms with Crippen LogP contribution >= 0.6 is 0 Å². The highest BCUT2D eigenvalue weighted by Crippen LogP contribution is 2.21. The third-order valence-corrected chi connectivity index (χ3v) is 4.79. The lowest BCUT2D eigenvalue weighted by atomic mass is 10.1. The zero-order chi connectivity index (χ0) is 21.5. The maximum Gasteiger partial charge on any atom is 0.278 e. The number of hydrazone groups is 1. The van der Waals surface area contributed by atoms with Crippen LogP contribution < -0.4 is 15.6 Å². The van der Waals surface area contributed by atoms with Crippen molar-refractivity contribution in [2.45, 2.75) is 19.3 Å². The predicted molar refractivity (Wildman–Crippen MR) is 120 cm³/mol. The molecule has 2 heterocycles. The quantitative estimate of drug-likeness (QED) is 0.336. The van der Waals surface area contributed by atoms with Crippen molar-refractivity contribution >= 4 is 35.4 Å². The lowest BCUT2D eigenvalue weighted by Gasteiger charge is -2.26. The minimum atomic E-state index is -0.444. The molecule has 0 spiro atoms. The van der Waals surface area contributed by atoms with E-state index in [0.717, 1.165) is 31.6 Å². The summed E-state index contributed by atoms with van der Waals surface area (Å²) in [5, 5.41) is 18.5. The van der Waals surface area contributed by atoms with Crippen LogP contribution in [0.4, 0.5) is 29.2 Å². The Morgan fingerprint density at radius 3 is 2.42 bits per heavy atom. The van der Waals surface area contributed by atoms with Crippen LogP contribution in [0.2, 0.25) is 0 Å². The van der Waals surface area contributed by atoms with Crippen molar-refractivity contribution in [3.63, 3.8) is 0 Å². The van der Waals surface area contributed by atoms with Crippen LogP contribution in [0.25, 0.3) is 0 Å². The molecule has 31 heavy (non-hydrogen) atoms. The van der Waals surface area contributed by atoms with Crippen LogP contribution in [0.15, 0.2) is 59.7 Å². The lowest BCUT2D eigenvalue weighted by molar-refractivity contribution is -0.385. The molecule has 0 radical (unpaired) electrons. The topological polar surface area (TPSA) is 121 Å². The molecule has 0 unspecified atom stereocenters. The molecule has 2 N–H and O–H groups in total. The second-order valence-corrected chi connectivity index (χ2v) is 7.01. The highest BCUT2D eigenvalue weighted by atomic mass is 16.6. The number of benzene rings is 2. The van der Waals surface area contributed by atoms with E-state index in [-0.39, 0.29) is 11.6 Å². The van der Waals surface area contributed by atoms with Gasteiger partial charge in [-0.2, -0.15) is 20.1 Å². The standard InChI is InChI=1S/C21H22N8O2/c30-29(31)18-12-6-5-9-16(18)15-22-27-20-24-19(23-17-10-3-1-4-11-17)25-21(26-20)28-13-7-2-8-14-28/h1,3-6,9-12,15H,2,7-8,13-14H2,(H2,23,24,25,26,27). The summed E-state index contributed by atoms with van der Waals surface area (Å²) in [6.45, 7) is 1.77. The minimum absolute atomic E-state index is 0.0239. The van der Waals surface area contributed by atoms with Crippen molar-refractivity contribution in [2.24, 2.45) is 5.10 Å². The number of nitro groups is 1. The van der Waals surface area contributed by atoms with Gasteiger partial charge in [-0.25, -0.2) is 5.43 Å². The molecule has 1 aliphatic rings. The van der Waals surface area contributed by atoms with Gasteiger partial charge in [-0.15, -0.1) is 0 Å². The summed E-state index contributed by atoms with van der Waals surface area (Å²) >= 11 is 0. The van der Waals surface area contributed by atoms with Gasteiger partial charge in [0.25, 0.3) is 5.69 Å². The van der Waals surface area contributed by atoms with Crippen LogP contribution in [0, 0.1) is 10.1 Å². The Morgan fingerprint density at radius 2 is 1.65 bits per heavy atom. The zero-order valence-corrected chi connectivity index (χ0v) is 16.8. The summed E-state index contributed by atoms with van der Waals surface area (Å²) in [6.07, 6.45) is 4.76. The van der Waals surface area contributed by atoms with Crippen LogP contribution in [-0.4, -0.2) is 39.2 Å². The van der Waals surface area contributed by atoms with Crippen LogP contribution in [0.1, 0.15) is 24.8 Å². The van der Waals surface area contributed by atoms with Crippen molar-refractivity contribution < 1.29 is 4.92 Å². The molecule has 0 saturated carbocycles. The van der Waals surface area contributed by atoms with Crippen molar-refractivity contribution in [2.75, 3.05) is 28.7 Å². The predicted octanol–water partition coefficient (Wildman–Crippen LogP) is 3.96. The second kappa shape index (κ2) is 9.61. The van der Waals surface area contributed by atoms with E-state index in [1.807, 2.05) is 30.3 Å². The first-order chi connectivity index (χ1) is 15.2. The fraction of sp³-hybridized carbons (Fsp3) is 0.238. The Bertz CT molecular complexity index is 1070. The lowest BCUT2D eigenvalue weighted by Crippen LogP contribution is -2.31. The fourth-order valence-electron chi connectivity index (χ4n) is 3.28. The zero-order valence-electron chi connectivity index (χ0n) is 16.8. The number of rotatable bonds is 7. The van der Waals surface area contributed by atoms with Crippen molar-refractivity contribution in [3.05, 3.63) is 70.3 Å². The summed E-state index contributed by atoms with van der Waals surface area (Å²) in [7, 11) is 0. The van der Waals surface area contributed by atoms with Gasteiger partial charge in [-0.3, -0.25) is 10.1 Å². The molecule has 3 aromatic rings. The number of aromatic nitrogens is 3. The van der Waals surface area contributed by atoms with Gasteiger partial charge in [0.05, 0.1) is 16.7 Å². The highest BCUT2D eigenvalue weighted by Gasteiger charge is 2.16. The summed E-state index contributed by atoms with van der Waals surface area (Å²) in [6, 6.07) is 16.0. The van der Waals surface area contributed by atoms with E-state index in [4.69, 9.17) is 0 Å². The summed E-state index contributed by atoms with van der Waals surface area (Å²) < 4.78 is 0. The van der Waals surface area contributed by atoms with Gasteiger partial charge in [0.15, 0.2) is 0 Å². The third kappa shape index (κ3) is 5.30. The largest absolute Gasteiger partial charge is 0.341 e. The van der Waals surface area contributed by atoms with E-state index >= 15 is 0 Å². The number of piperidine rings is 1. The maximum absolute atomic E-state index is 11.2. The molecular weight excluding hydrogens is 396 g/mol. The van der Waals surface area contributed by atoms with Gasteiger partial charge < -0.3 is 10.2 Å². The van der Waals surface area contributed by atoms with Crippen LogP contribution in [0.5, 0.6) is 0 Å². The average molecular weight is 418 g/mol. The normalized spacial score (nSPS) is 13.9. The van der Waals surface area contributed by atoms with E-state index in [1.54, 1.807) is 18.2 Å². The molecule has 10 nitrogen and oxygen atoms in total. The number of nitrogens with one attached hydrogen (secondary N) is 2. The maximum atomic E-state index is 11.2. The molecule has 1 fully saturated rings. The fourth-order valence-corrected chi connectivity index (χ4v) is 3.28. The first-order valence-corrected chi connectivity index (χ1v) is 10.0. The summed E-state index contributed by atoms with van der Waals surface area (Å²) in [4.78, 5) is 26.3. The van der Waals surface area contributed by atoms with Crippen molar-refractivity contribution in [3.8, 4) is 0 Å². The van der Waals surface area contributed by atoms with E-state index < -0.39 is 4.92 Å². The number of nitro benzene ring substituents is 1. The number of hydrogen-bond donors (Lipinski definition) is 2. The number of para-hydroxylation sites is 2. The number of hydrogen-bond acceptors (Lipinski definition) is 9. The van der Waals surface area contributed by atoms with Crippen molar-refractivity contribution in [1.82, 2.24) is 15.0 Å². The Hall–Kier alpha value is -4.08. The van der Waals surface area contributed by atoms with Gasteiger partial charge >= 0.3 is 0 Å². The number of anilines is 4. The molecule has 2 aromatic carbocycles. The van der Waals surface area contributed by atoms with E-state index in [1.165, 1.54) is 18.7 Å². The van der Waals surface area contributed by atoms with Gasteiger partial charge in [0, 0.05) is 24.8 Å². The van der Waals surface area contributed by atoms with Crippen molar-refractivity contribution in [1.29, 1.82) is 0 Å². The molecule has 1 aliphatic heterocycles. The molecule has 0 amide bonds. The molecule has 158 valence electrons. The molecule has 1 aromatic heterocycles. The van der Waals surface area contributed by atoms with Gasteiger partial charge in [0.2, 0.25) is 17.8 Å². The first kappa shape index (κ1) is 20.2. The monoisotopic (exact) mass is 418 g/mol. The van der Waals surface area contributed by atoms with Gasteiger partial charge in [-0.1, -0.05) is 30.3 Å². The molecule has 0 bridgehead atoms. The Morgan fingerprint density at radius 1 is 0.935 bits per heavy atom. The molecule has 10 heteroatoms. The summed E-state index contributed by atoms with van der Waals surface area (Å²) in [5.74, 6) is 1.21. The van der Waals surface area contributed by atoms with Gasteiger partial charge in [0.1, 0.15) is 0 Å². The van der Waals surface area contributed by atoms with Crippen LogP contribution in [0.3, 0.4) is 0 Å².